The molecule has 5 rings (SSSR count). The van der Waals surface area contributed by atoms with Gasteiger partial charge in [-0.15, -0.1) is 0 Å². The normalized spacial score (nSPS) is 12.8. The molecule has 0 spiro atoms. The van der Waals surface area contributed by atoms with Crippen LogP contribution in [0.1, 0.15) is 25.0 Å². The number of hydrogen-bond acceptors (Lipinski definition) is 1. The van der Waals surface area contributed by atoms with Crippen LogP contribution in [0.4, 0.5) is 17.6 Å². The van der Waals surface area contributed by atoms with Gasteiger partial charge >= 0.3 is 6.18 Å². The second-order valence-electron chi connectivity index (χ2n) is 9.57. The molecule has 2 nitrogen and oxygen atoms in total. The van der Waals surface area contributed by atoms with Crippen molar-refractivity contribution < 1.29 is 26.5 Å². The van der Waals surface area contributed by atoms with Crippen molar-refractivity contribution in [2.45, 2.75) is 33.4 Å². The molecule has 0 radical (unpaired) electrons. The molecule has 0 aliphatic rings. The summed E-state index contributed by atoms with van der Waals surface area (Å²) >= 11 is 0. The molecule has 34 heavy (non-hydrogen) atoms. The van der Waals surface area contributed by atoms with Crippen LogP contribution in [-0.4, -0.2) is 6.18 Å². The number of aryl methyl sites for hydroxylation is 2. The monoisotopic (exact) mass is 466 g/mol. The van der Waals surface area contributed by atoms with Crippen LogP contribution < -0.4 is 4.57 Å². The smallest absolute Gasteiger partial charge is 0.394 e. The topological polar surface area (TPSA) is 17.0 Å². The highest BCUT2D eigenvalue weighted by molar-refractivity contribution is 6.09. The highest BCUT2D eigenvalue weighted by atomic mass is 19.4. The minimum absolute atomic E-state index is 0.161. The van der Waals surface area contributed by atoms with E-state index in [0.29, 0.717) is 16.7 Å². The number of pyridine rings is 1. The lowest BCUT2D eigenvalue weighted by Gasteiger charge is -2.28. The van der Waals surface area contributed by atoms with Gasteiger partial charge < -0.3 is 4.42 Å². The molecule has 0 unspecified atom stereocenters. The summed E-state index contributed by atoms with van der Waals surface area (Å²) in [6.45, 7) is 4.40. The van der Waals surface area contributed by atoms with Crippen LogP contribution in [0.15, 0.2) is 65.1 Å². The van der Waals surface area contributed by atoms with Crippen molar-refractivity contribution in [1.29, 1.82) is 0 Å². The van der Waals surface area contributed by atoms with Crippen LogP contribution in [0.3, 0.4) is 0 Å². The standard InChI is InChI=1S/C28H24F4NO/c1-16-9-11-21-20-12-10-18(29)14-24(20)34-26(21)25(16)23-13-17(15-27(2,3)28(30,31)32)19-7-5-6-8-22(19)33(23)4/h5-14H,15H2,1-4H3/q+1. The van der Waals surface area contributed by atoms with Crippen molar-refractivity contribution in [3.05, 3.63) is 77.6 Å². The molecule has 0 aliphatic carbocycles. The van der Waals surface area contributed by atoms with E-state index < -0.39 is 17.4 Å². The Bertz CT molecular complexity index is 1580. The van der Waals surface area contributed by atoms with E-state index >= 15 is 0 Å². The molecular formula is C28H24F4NO+. The summed E-state index contributed by atoms with van der Waals surface area (Å²) < 4.78 is 63.3. The van der Waals surface area contributed by atoms with Gasteiger partial charge in [0.1, 0.15) is 24.0 Å². The number of hydrogen-bond donors (Lipinski definition) is 0. The average Bonchev–Trinajstić information content (AvgIpc) is 3.12. The molecular weight excluding hydrogens is 442 g/mol. The van der Waals surface area contributed by atoms with Crippen molar-refractivity contribution in [3.63, 3.8) is 0 Å². The highest BCUT2D eigenvalue weighted by Crippen LogP contribution is 2.42. The first-order valence-electron chi connectivity index (χ1n) is 11.1. The summed E-state index contributed by atoms with van der Waals surface area (Å²) in [7, 11) is 1.90. The predicted octanol–water partition coefficient (Wildman–Crippen LogP) is 7.81. The Balaban J connectivity index is 1.84. The lowest BCUT2D eigenvalue weighted by molar-refractivity contribution is -0.633. The van der Waals surface area contributed by atoms with Crippen LogP contribution in [-0.2, 0) is 13.5 Å². The third-order valence-corrected chi connectivity index (χ3v) is 6.75. The van der Waals surface area contributed by atoms with Gasteiger partial charge in [-0.05, 0) is 42.7 Å². The maximum absolute atomic E-state index is 13.9. The Kier molecular flexibility index (Phi) is 4.97. The largest absolute Gasteiger partial charge is 0.455 e. The summed E-state index contributed by atoms with van der Waals surface area (Å²) in [6, 6.07) is 17.7. The molecule has 3 aromatic carbocycles. The molecule has 2 heterocycles. The minimum atomic E-state index is -4.34. The van der Waals surface area contributed by atoms with Crippen LogP contribution in [0.25, 0.3) is 44.1 Å². The lowest BCUT2D eigenvalue weighted by atomic mass is 9.83. The number of benzene rings is 3. The quantitative estimate of drug-likeness (QED) is 0.196. The molecule has 0 atom stereocenters. The van der Waals surface area contributed by atoms with E-state index in [2.05, 4.69) is 0 Å². The number of furan rings is 1. The Hall–Kier alpha value is -3.41. The fourth-order valence-electron chi connectivity index (χ4n) is 4.70. The number of para-hydroxylation sites is 1. The van der Waals surface area contributed by atoms with Crippen molar-refractivity contribution in [3.8, 4) is 11.3 Å². The van der Waals surface area contributed by atoms with Crippen LogP contribution in [0, 0.1) is 18.2 Å². The van der Waals surface area contributed by atoms with Crippen LogP contribution in [0.5, 0.6) is 0 Å². The molecule has 0 fully saturated rings. The molecule has 0 saturated heterocycles. The lowest BCUT2D eigenvalue weighted by Crippen LogP contribution is -2.36. The Morgan fingerprint density at radius 1 is 0.882 bits per heavy atom. The number of alkyl halides is 3. The zero-order valence-corrected chi connectivity index (χ0v) is 19.3. The summed E-state index contributed by atoms with van der Waals surface area (Å²) in [6.07, 6.45) is -4.50. The van der Waals surface area contributed by atoms with Crippen molar-refractivity contribution in [1.82, 2.24) is 0 Å². The van der Waals surface area contributed by atoms with Gasteiger partial charge in [0, 0.05) is 34.4 Å². The first kappa shape index (κ1) is 22.4. The number of aromatic nitrogens is 1. The fraction of sp³-hybridized carbons (Fsp3) is 0.250. The molecule has 0 aliphatic heterocycles. The van der Waals surface area contributed by atoms with E-state index in [1.54, 1.807) is 6.07 Å². The predicted molar refractivity (Wildman–Crippen MR) is 126 cm³/mol. The van der Waals surface area contributed by atoms with Crippen LogP contribution >= 0.6 is 0 Å². The van der Waals surface area contributed by atoms with E-state index in [1.807, 2.05) is 61.0 Å². The van der Waals surface area contributed by atoms with Gasteiger partial charge in [0.2, 0.25) is 11.2 Å². The molecule has 6 heteroatoms. The van der Waals surface area contributed by atoms with E-state index in [4.69, 9.17) is 4.42 Å². The summed E-state index contributed by atoms with van der Waals surface area (Å²) in [5.74, 6) is -0.391. The van der Waals surface area contributed by atoms with E-state index in [1.165, 1.54) is 26.0 Å². The van der Waals surface area contributed by atoms with E-state index in [0.717, 1.165) is 38.5 Å². The summed E-state index contributed by atoms with van der Waals surface area (Å²) in [5.41, 5.74) is 3.01. The number of halogens is 4. The highest BCUT2D eigenvalue weighted by Gasteiger charge is 2.47. The second kappa shape index (κ2) is 7.55. The van der Waals surface area contributed by atoms with Gasteiger partial charge in [-0.25, -0.2) is 4.39 Å². The van der Waals surface area contributed by atoms with Gasteiger partial charge in [0.05, 0.1) is 11.0 Å². The van der Waals surface area contributed by atoms with Gasteiger partial charge in [0.15, 0.2) is 0 Å². The molecule has 2 aromatic heterocycles. The first-order valence-corrected chi connectivity index (χ1v) is 11.1. The Labute approximate surface area is 194 Å². The SMILES string of the molecule is Cc1ccc2c(oc3cc(F)ccc32)c1-c1cc(CC(C)(C)C(F)(F)F)c2ccccc2[n+]1C. The summed E-state index contributed by atoms with van der Waals surface area (Å²) in [4.78, 5) is 0. The second-order valence-corrected chi connectivity index (χ2v) is 9.57. The Morgan fingerprint density at radius 3 is 2.32 bits per heavy atom. The Morgan fingerprint density at radius 2 is 1.59 bits per heavy atom. The molecule has 0 saturated carbocycles. The molecule has 0 bridgehead atoms. The van der Waals surface area contributed by atoms with E-state index in [-0.39, 0.29) is 6.42 Å². The van der Waals surface area contributed by atoms with Gasteiger partial charge in [0.25, 0.3) is 0 Å². The zero-order chi connectivity index (χ0) is 24.4. The van der Waals surface area contributed by atoms with Gasteiger partial charge in [-0.3, -0.25) is 0 Å². The number of fused-ring (bicyclic) bond motifs is 4. The maximum atomic E-state index is 13.9. The third-order valence-electron chi connectivity index (χ3n) is 6.75. The van der Waals surface area contributed by atoms with E-state index in [9.17, 15) is 17.6 Å². The molecule has 5 aromatic rings. The minimum Gasteiger partial charge on any atom is -0.455 e. The summed E-state index contributed by atoms with van der Waals surface area (Å²) in [5, 5.41) is 2.41. The van der Waals surface area contributed by atoms with Gasteiger partial charge in [-0.1, -0.05) is 38.1 Å². The molecule has 0 amide bonds. The molecule has 0 N–H and O–H groups in total. The fourth-order valence-corrected chi connectivity index (χ4v) is 4.70. The maximum Gasteiger partial charge on any atom is 0.394 e. The molecule has 174 valence electrons. The van der Waals surface area contributed by atoms with Gasteiger partial charge in [-0.2, -0.15) is 17.7 Å². The van der Waals surface area contributed by atoms with Crippen molar-refractivity contribution in [2.75, 3.05) is 0 Å². The average molecular weight is 466 g/mol. The zero-order valence-electron chi connectivity index (χ0n) is 19.3. The van der Waals surface area contributed by atoms with Crippen molar-refractivity contribution in [2.24, 2.45) is 12.5 Å². The number of rotatable bonds is 3. The van der Waals surface area contributed by atoms with Crippen LogP contribution in [0.2, 0.25) is 0 Å². The third kappa shape index (κ3) is 3.44. The van der Waals surface area contributed by atoms with Crippen molar-refractivity contribution >= 4 is 32.8 Å². The first-order chi connectivity index (χ1) is 16.0. The number of nitrogens with zero attached hydrogens (tertiary/aromatic N) is 1.